The van der Waals surface area contributed by atoms with E-state index in [4.69, 9.17) is 9.47 Å². The molecule has 0 aromatic carbocycles. The van der Waals surface area contributed by atoms with Gasteiger partial charge in [0.1, 0.15) is 9.88 Å². The number of anilines is 1. The van der Waals surface area contributed by atoms with E-state index in [9.17, 15) is 14.4 Å². The smallest absolute Gasteiger partial charge is 0.348 e. The van der Waals surface area contributed by atoms with E-state index in [0.717, 1.165) is 24.2 Å². The molecule has 0 unspecified atom stereocenters. The predicted molar refractivity (Wildman–Crippen MR) is 93.7 cm³/mol. The van der Waals surface area contributed by atoms with E-state index >= 15 is 0 Å². The highest BCUT2D eigenvalue weighted by Gasteiger charge is 2.27. The third kappa shape index (κ3) is 5.33. The fraction of sp³-hybridized carbons (Fsp3) is 0.588. The van der Waals surface area contributed by atoms with Gasteiger partial charge >= 0.3 is 11.9 Å². The Morgan fingerprint density at radius 3 is 2.38 bits per heavy atom. The van der Waals surface area contributed by atoms with Crippen molar-refractivity contribution in [1.29, 1.82) is 0 Å². The molecule has 1 aromatic heterocycles. The summed E-state index contributed by atoms with van der Waals surface area (Å²) in [6.45, 7) is 9.06. The van der Waals surface area contributed by atoms with Crippen molar-refractivity contribution >= 4 is 34.2 Å². The summed E-state index contributed by atoms with van der Waals surface area (Å²) in [5, 5.41) is 3.06. The van der Waals surface area contributed by atoms with Crippen LogP contribution in [0.15, 0.2) is 0 Å². The molecule has 0 aliphatic rings. The number of esters is 2. The van der Waals surface area contributed by atoms with Gasteiger partial charge in [0.2, 0.25) is 5.91 Å². The van der Waals surface area contributed by atoms with Crippen molar-refractivity contribution in [1.82, 2.24) is 0 Å². The van der Waals surface area contributed by atoms with Crippen molar-refractivity contribution in [2.75, 3.05) is 11.9 Å². The summed E-state index contributed by atoms with van der Waals surface area (Å²) in [6, 6.07) is 0. The van der Waals surface area contributed by atoms with Gasteiger partial charge in [0.15, 0.2) is 0 Å². The van der Waals surface area contributed by atoms with E-state index in [2.05, 4.69) is 5.32 Å². The molecule has 24 heavy (non-hydrogen) atoms. The molecule has 0 saturated heterocycles. The maximum absolute atomic E-state index is 12.2. The van der Waals surface area contributed by atoms with Gasteiger partial charge in [-0.05, 0) is 39.7 Å². The van der Waals surface area contributed by atoms with Crippen molar-refractivity contribution < 1.29 is 23.9 Å². The van der Waals surface area contributed by atoms with E-state index in [1.54, 1.807) is 27.7 Å². The molecule has 1 rings (SSSR count). The summed E-state index contributed by atoms with van der Waals surface area (Å²) in [5.41, 5.74) is 0.692. The highest BCUT2D eigenvalue weighted by Crippen LogP contribution is 2.34. The lowest BCUT2D eigenvalue weighted by Crippen LogP contribution is -2.14. The average molecular weight is 355 g/mol. The van der Waals surface area contributed by atoms with E-state index in [-0.39, 0.29) is 24.2 Å². The minimum absolute atomic E-state index is 0.188. The Kier molecular flexibility index (Phi) is 7.91. The number of rotatable bonds is 8. The molecule has 0 aliphatic heterocycles. The summed E-state index contributed by atoms with van der Waals surface area (Å²) in [6.07, 6.45) is 1.75. The van der Waals surface area contributed by atoms with Gasteiger partial charge in [-0.15, -0.1) is 11.3 Å². The Balaban J connectivity index is 3.16. The Labute approximate surface area is 146 Å². The highest BCUT2D eigenvalue weighted by atomic mass is 32.1. The first kappa shape index (κ1) is 20.2. The standard InChI is InChI=1S/C17H25NO5S/c1-6-8-9-12(19)18-15-13(16(20)22-7-2)11(5)14(24-15)17(21)23-10(3)4/h10H,6-9H2,1-5H3,(H,18,19). The summed E-state index contributed by atoms with van der Waals surface area (Å²) in [4.78, 5) is 36.7. The van der Waals surface area contributed by atoms with Crippen LogP contribution in [0.1, 0.15) is 72.6 Å². The maximum atomic E-state index is 12.2. The minimum atomic E-state index is -0.555. The van der Waals surface area contributed by atoms with E-state index in [1.165, 1.54) is 0 Å². The molecule has 6 nitrogen and oxygen atoms in total. The summed E-state index contributed by atoms with van der Waals surface area (Å²) >= 11 is 1.04. The first-order chi connectivity index (χ1) is 11.3. The minimum Gasteiger partial charge on any atom is -0.462 e. The quantitative estimate of drug-likeness (QED) is 0.715. The van der Waals surface area contributed by atoms with Crippen LogP contribution >= 0.6 is 11.3 Å². The van der Waals surface area contributed by atoms with Gasteiger partial charge in [-0.25, -0.2) is 9.59 Å². The number of thiophene rings is 1. The Hall–Kier alpha value is -1.89. The second-order valence-corrected chi connectivity index (χ2v) is 6.61. The number of carbonyl (C=O) groups is 3. The van der Waals surface area contributed by atoms with E-state index in [0.29, 0.717) is 21.9 Å². The molecule has 0 saturated carbocycles. The lowest BCUT2D eigenvalue weighted by atomic mass is 10.1. The summed E-state index contributed by atoms with van der Waals surface area (Å²) < 4.78 is 10.3. The normalized spacial score (nSPS) is 10.6. The van der Waals surface area contributed by atoms with Gasteiger partial charge in [0, 0.05) is 6.42 Å². The van der Waals surface area contributed by atoms with Crippen LogP contribution < -0.4 is 5.32 Å². The molecule has 7 heteroatoms. The second kappa shape index (κ2) is 9.42. The molecular weight excluding hydrogens is 330 g/mol. The first-order valence-electron chi connectivity index (χ1n) is 8.13. The molecule has 1 N–H and O–H groups in total. The van der Waals surface area contributed by atoms with Gasteiger partial charge in [-0.1, -0.05) is 13.3 Å². The fourth-order valence-corrected chi connectivity index (χ4v) is 3.13. The monoisotopic (exact) mass is 355 g/mol. The number of hydrogen-bond donors (Lipinski definition) is 1. The molecule has 0 fully saturated rings. The number of amides is 1. The van der Waals surface area contributed by atoms with Crippen LogP contribution in [0.4, 0.5) is 5.00 Å². The molecule has 0 bridgehead atoms. The average Bonchev–Trinajstić information content (AvgIpc) is 2.81. The molecule has 0 spiro atoms. The van der Waals surface area contributed by atoms with Crippen LogP contribution in [0.2, 0.25) is 0 Å². The van der Waals surface area contributed by atoms with Gasteiger partial charge in [-0.3, -0.25) is 4.79 Å². The van der Waals surface area contributed by atoms with Crippen molar-refractivity contribution in [3.8, 4) is 0 Å². The van der Waals surface area contributed by atoms with Crippen LogP contribution in [0.25, 0.3) is 0 Å². The lowest BCUT2D eigenvalue weighted by molar-refractivity contribution is -0.116. The third-order valence-corrected chi connectivity index (χ3v) is 4.35. The third-order valence-electron chi connectivity index (χ3n) is 3.16. The van der Waals surface area contributed by atoms with E-state index in [1.807, 2.05) is 6.92 Å². The van der Waals surface area contributed by atoms with Crippen molar-refractivity contribution in [2.45, 2.75) is 60.0 Å². The number of ether oxygens (including phenoxy) is 2. The summed E-state index contributed by atoms with van der Waals surface area (Å²) in [7, 11) is 0. The van der Waals surface area contributed by atoms with E-state index < -0.39 is 11.9 Å². The van der Waals surface area contributed by atoms with Crippen molar-refractivity contribution in [2.24, 2.45) is 0 Å². The molecule has 0 aliphatic carbocycles. The largest absolute Gasteiger partial charge is 0.462 e. The SMILES string of the molecule is CCCCC(=O)Nc1sc(C(=O)OC(C)C)c(C)c1C(=O)OCC. The Bertz CT molecular complexity index is 606. The molecular formula is C17H25NO5S. The zero-order valence-electron chi connectivity index (χ0n) is 14.9. The van der Waals surface area contributed by atoms with Gasteiger partial charge in [-0.2, -0.15) is 0 Å². The lowest BCUT2D eigenvalue weighted by Gasteiger charge is -2.07. The number of carbonyl (C=O) groups excluding carboxylic acids is 3. The van der Waals surface area contributed by atoms with Crippen LogP contribution in [-0.2, 0) is 14.3 Å². The zero-order chi connectivity index (χ0) is 18.3. The number of unbranched alkanes of at least 4 members (excludes halogenated alkanes) is 1. The first-order valence-corrected chi connectivity index (χ1v) is 8.94. The zero-order valence-corrected chi connectivity index (χ0v) is 15.7. The molecule has 1 amide bonds. The molecule has 134 valence electrons. The number of nitrogens with one attached hydrogen (secondary N) is 1. The fourth-order valence-electron chi connectivity index (χ4n) is 2.04. The second-order valence-electron chi connectivity index (χ2n) is 5.59. The topological polar surface area (TPSA) is 81.7 Å². The van der Waals surface area contributed by atoms with Crippen LogP contribution in [0.3, 0.4) is 0 Å². The maximum Gasteiger partial charge on any atom is 0.348 e. The molecule has 1 heterocycles. The molecule has 0 atom stereocenters. The van der Waals surface area contributed by atoms with Crippen molar-refractivity contribution in [3.05, 3.63) is 16.0 Å². The van der Waals surface area contributed by atoms with Crippen LogP contribution in [0.5, 0.6) is 0 Å². The van der Waals surface area contributed by atoms with Gasteiger partial charge in [0.25, 0.3) is 0 Å². The summed E-state index contributed by atoms with van der Waals surface area (Å²) in [5.74, 6) is -1.25. The van der Waals surface area contributed by atoms with Crippen molar-refractivity contribution in [3.63, 3.8) is 0 Å². The highest BCUT2D eigenvalue weighted by molar-refractivity contribution is 7.18. The Morgan fingerprint density at radius 1 is 1.17 bits per heavy atom. The van der Waals surface area contributed by atoms with Gasteiger partial charge in [0.05, 0.1) is 18.3 Å². The van der Waals surface area contributed by atoms with Gasteiger partial charge < -0.3 is 14.8 Å². The Morgan fingerprint density at radius 2 is 1.83 bits per heavy atom. The van der Waals surface area contributed by atoms with Crippen LogP contribution in [0, 0.1) is 6.92 Å². The number of hydrogen-bond acceptors (Lipinski definition) is 6. The molecule has 0 radical (unpaired) electrons. The predicted octanol–water partition coefficient (Wildman–Crippen LogP) is 3.93. The molecule has 1 aromatic rings. The van der Waals surface area contributed by atoms with Crippen LogP contribution in [-0.4, -0.2) is 30.6 Å².